The first kappa shape index (κ1) is 27.2. The topological polar surface area (TPSA) is 173 Å². The van der Waals surface area contributed by atoms with Gasteiger partial charge in [0.15, 0.2) is 11.4 Å². The van der Waals surface area contributed by atoms with Gasteiger partial charge in [-0.3, -0.25) is 14.4 Å². The molecule has 0 heterocycles. The van der Waals surface area contributed by atoms with Gasteiger partial charge in [0.05, 0.1) is 5.56 Å². The van der Waals surface area contributed by atoms with Gasteiger partial charge in [-0.2, -0.15) is 0 Å². The minimum absolute atomic E-state index is 0.112. The molecule has 1 unspecified atom stereocenters. The fourth-order valence-electron chi connectivity index (χ4n) is 7.06. The van der Waals surface area contributed by atoms with Crippen LogP contribution in [-0.2, 0) is 27.3 Å². The van der Waals surface area contributed by atoms with Crippen molar-refractivity contribution in [2.45, 2.75) is 63.5 Å². The molecule has 4 aliphatic carbocycles. The zero-order valence-corrected chi connectivity index (χ0v) is 22.4. The number of carbonyl (C=O) groups excluding carboxylic acids is 3. The van der Waals surface area contributed by atoms with Gasteiger partial charge in [0, 0.05) is 49.8 Å². The number of fused-ring (bicyclic) bond motifs is 3. The lowest BCUT2D eigenvalue weighted by Crippen LogP contribution is -2.58. The summed E-state index contributed by atoms with van der Waals surface area (Å²) in [4.78, 5) is 40.0. The monoisotopic (exact) mass is 539 g/mol. The summed E-state index contributed by atoms with van der Waals surface area (Å²) in [5.74, 6) is -5.57. The van der Waals surface area contributed by atoms with Crippen molar-refractivity contribution >= 4 is 28.9 Å². The number of nitrogens with two attached hydrogens (primary N) is 1. The maximum atomic E-state index is 13.8. The number of hydrogen-bond donors (Lipinski definition) is 6. The van der Waals surface area contributed by atoms with Gasteiger partial charge in [-0.1, -0.05) is 19.3 Å². The van der Waals surface area contributed by atoms with Crippen LogP contribution >= 0.6 is 0 Å². The number of phenols is 1. The molecule has 210 valence electrons. The summed E-state index contributed by atoms with van der Waals surface area (Å²) in [5.41, 5.74) is 3.93. The van der Waals surface area contributed by atoms with Gasteiger partial charge in [0.2, 0.25) is 5.78 Å². The first-order valence-corrected chi connectivity index (χ1v) is 13.7. The Kier molecular flexibility index (Phi) is 6.97. The van der Waals surface area contributed by atoms with Crippen LogP contribution in [0.1, 0.15) is 61.6 Å². The van der Waals surface area contributed by atoms with Crippen LogP contribution in [0.15, 0.2) is 23.0 Å². The number of Topliss-reactive ketones (excluding diaryl/α,β-unsaturated/α-hetero) is 2. The van der Waals surface area contributed by atoms with E-state index in [9.17, 15) is 34.8 Å². The number of aromatic hydroxyl groups is 1. The molecule has 39 heavy (non-hydrogen) atoms. The van der Waals surface area contributed by atoms with E-state index in [2.05, 4.69) is 5.32 Å². The molecule has 0 aliphatic heterocycles. The molecule has 1 amide bonds. The van der Waals surface area contributed by atoms with Crippen LogP contribution in [0, 0.1) is 17.8 Å². The van der Waals surface area contributed by atoms with E-state index in [0.29, 0.717) is 23.6 Å². The van der Waals surface area contributed by atoms with Gasteiger partial charge in [0.1, 0.15) is 22.8 Å². The average Bonchev–Trinajstić information content (AvgIpc) is 2.87. The average molecular weight is 540 g/mol. The second-order valence-electron chi connectivity index (χ2n) is 11.7. The molecule has 10 nitrogen and oxygen atoms in total. The van der Waals surface area contributed by atoms with Gasteiger partial charge in [-0.05, 0) is 55.7 Å². The quantitative estimate of drug-likeness (QED) is 0.296. The fraction of sp³-hybridized carbons (Fsp3) is 0.552. The predicted molar refractivity (Wildman–Crippen MR) is 144 cm³/mol. The van der Waals surface area contributed by atoms with E-state index in [4.69, 9.17) is 5.73 Å². The van der Waals surface area contributed by atoms with Gasteiger partial charge < -0.3 is 36.4 Å². The smallest absolute Gasteiger partial charge is 0.255 e. The van der Waals surface area contributed by atoms with Gasteiger partial charge in [-0.25, -0.2) is 0 Å². The SMILES string of the molecule is CN(C)c1cc(CNCC2CCCCC2)c(O)c2c1CC1C[C@H]3CC(=O)C(C(N)=O)=C(O)[C@@]3(O)C(=O)C1=C2O. The molecule has 10 heteroatoms. The molecular weight excluding hydrogens is 502 g/mol. The van der Waals surface area contributed by atoms with Crippen molar-refractivity contribution in [2.24, 2.45) is 23.5 Å². The van der Waals surface area contributed by atoms with Crippen molar-refractivity contribution in [3.05, 3.63) is 39.7 Å². The lowest BCUT2D eigenvalue weighted by Gasteiger charge is -2.46. The molecule has 0 radical (unpaired) electrons. The minimum atomic E-state index is -2.56. The van der Waals surface area contributed by atoms with Crippen LogP contribution in [0.3, 0.4) is 0 Å². The Morgan fingerprint density at radius 2 is 1.82 bits per heavy atom. The number of aliphatic hydroxyl groups is 3. The Balaban J connectivity index is 1.56. The normalized spacial score (nSPS) is 27.3. The molecule has 3 atom stereocenters. The summed E-state index contributed by atoms with van der Waals surface area (Å²) in [6.45, 7) is 1.19. The summed E-state index contributed by atoms with van der Waals surface area (Å²) >= 11 is 0. The van der Waals surface area contributed by atoms with E-state index in [1.54, 1.807) is 0 Å². The Bertz CT molecular complexity index is 1310. The van der Waals surface area contributed by atoms with Gasteiger partial charge in [-0.15, -0.1) is 0 Å². The molecule has 7 N–H and O–H groups in total. The fourth-order valence-corrected chi connectivity index (χ4v) is 7.06. The van der Waals surface area contributed by atoms with Crippen molar-refractivity contribution in [1.29, 1.82) is 0 Å². The van der Waals surface area contributed by atoms with E-state index in [-0.39, 0.29) is 36.1 Å². The lowest BCUT2D eigenvalue weighted by molar-refractivity contribution is -0.147. The third kappa shape index (κ3) is 4.30. The number of rotatable bonds is 6. The number of nitrogens with zero attached hydrogens (tertiary/aromatic N) is 1. The van der Waals surface area contributed by atoms with Crippen LogP contribution in [0.2, 0.25) is 0 Å². The first-order valence-electron chi connectivity index (χ1n) is 13.7. The summed E-state index contributed by atoms with van der Waals surface area (Å²) in [6, 6.07) is 1.89. The van der Waals surface area contributed by atoms with Crippen molar-refractivity contribution in [1.82, 2.24) is 5.32 Å². The summed E-state index contributed by atoms with van der Waals surface area (Å²) in [5, 5.41) is 48.4. The molecule has 5 rings (SSSR count). The molecule has 1 aromatic rings. The number of anilines is 1. The highest BCUT2D eigenvalue weighted by Crippen LogP contribution is 2.53. The van der Waals surface area contributed by atoms with Crippen LogP contribution in [-0.4, -0.2) is 64.1 Å². The van der Waals surface area contributed by atoms with Crippen LogP contribution in [0.4, 0.5) is 5.69 Å². The first-order chi connectivity index (χ1) is 18.5. The number of aliphatic hydroxyl groups excluding tert-OH is 2. The zero-order valence-electron chi connectivity index (χ0n) is 22.4. The van der Waals surface area contributed by atoms with Crippen molar-refractivity contribution in [3.8, 4) is 5.75 Å². The molecule has 1 aromatic carbocycles. The molecule has 0 aromatic heterocycles. The minimum Gasteiger partial charge on any atom is -0.508 e. The van der Waals surface area contributed by atoms with E-state index in [1.165, 1.54) is 32.1 Å². The summed E-state index contributed by atoms with van der Waals surface area (Å²) in [7, 11) is 3.72. The molecule has 0 bridgehead atoms. The van der Waals surface area contributed by atoms with Crippen LogP contribution in [0.5, 0.6) is 5.75 Å². The maximum absolute atomic E-state index is 13.8. The van der Waals surface area contributed by atoms with Crippen molar-refractivity contribution in [2.75, 3.05) is 25.5 Å². The number of carbonyl (C=O) groups is 3. The molecular formula is C29H37N3O7. The van der Waals surface area contributed by atoms with Crippen LogP contribution < -0.4 is 16.0 Å². The van der Waals surface area contributed by atoms with Crippen molar-refractivity contribution < 1.29 is 34.8 Å². The Hall–Kier alpha value is -3.37. The number of phenolic OH excluding ortho intramolecular Hbond substituents is 1. The highest BCUT2D eigenvalue weighted by molar-refractivity contribution is 6.22. The Labute approximate surface area is 227 Å². The molecule has 0 spiro atoms. The Morgan fingerprint density at radius 1 is 1.13 bits per heavy atom. The molecule has 4 aliphatic rings. The standard InChI is InChI=1S/C29H37N3O7/c1-32(2)19-10-16(13-31-12-14-6-4-3-5-7-14)24(34)22-18(19)9-15-8-17-11-20(33)23(28(30)38)27(37)29(17,39)26(36)21(15)25(22)35/h10,14-15,17,31,34-35,37,39H,3-9,11-13H2,1-2H3,(H2,30,38)/t15?,17-,29-/m0/s1. The number of hydrogen-bond acceptors (Lipinski definition) is 9. The lowest BCUT2D eigenvalue weighted by atomic mass is 9.59. The zero-order chi connectivity index (χ0) is 28.2. The van der Waals surface area contributed by atoms with Crippen molar-refractivity contribution in [3.63, 3.8) is 0 Å². The number of nitrogens with one attached hydrogen (secondary N) is 1. The largest absolute Gasteiger partial charge is 0.508 e. The highest BCUT2D eigenvalue weighted by Gasteiger charge is 2.60. The second-order valence-corrected chi connectivity index (χ2v) is 11.7. The van der Waals surface area contributed by atoms with E-state index >= 15 is 0 Å². The van der Waals surface area contributed by atoms with E-state index in [0.717, 1.165) is 12.2 Å². The Morgan fingerprint density at radius 3 is 2.46 bits per heavy atom. The second kappa shape index (κ2) is 9.98. The molecule has 2 fully saturated rings. The number of ketones is 2. The molecule has 2 saturated carbocycles. The predicted octanol–water partition coefficient (Wildman–Crippen LogP) is 2.16. The van der Waals surface area contributed by atoms with Crippen LogP contribution in [0.25, 0.3) is 5.76 Å². The summed E-state index contributed by atoms with van der Waals surface area (Å²) < 4.78 is 0. The maximum Gasteiger partial charge on any atom is 0.255 e. The number of primary amides is 1. The van der Waals surface area contributed by atoms with E-state index < -0.39 is 52.0 Å². The third-order valence-corrected chi connectivity index (χ3v) is 9.07. The molecule has 0 saturated heterocycles. The van der Waals surface area contributed by atoms with Gasteiger partial charge in [0.25, 0.3) is 5.91 Å². The third-order valence-electron chi connectivity index (χ3n) is 9.07. The number of benzene rings is 1. The summed E-state index contributed by atoms with van der Waals surface area (Å²) in [6.07, 6.45) is 6.14. The highest BCUT2D eigenvalue weighted by atomic mass is 16.3. The van der Waals surface area contributed by atoms with Gasteiger partial charge >= 0.3 is 0 Å². The number of amides is 1. The van der Waals surface area contributed by atoms with E-state index in [1.807, 2.05) is 25.1 Å².